The van der Waals surface area contributed by atoms with Gasteiger partial charge in [0.2, 0.25) is 0 Å². The van der Waals surface area contributed by atoms with Crippen LogP contribution >= 0.6 is 0 Å². The summed E-state index contributed by atoms with van der Waals surface area (Å²) in [5.41, 5.74) is 9.03. The molecule has 3 rings (SSSR count). The Morgan fingerprint density at radius 1 is 1.07 bits per heavy atom. The number of rotatable bonds is 2. The highest BCUT2D eigenvalue weighted by Crippen LogP contribution is 2.43. The SMILES string of the molecule is NC1(c2ccc(C3CCC3)cc2)CC1. The largest absolute Gasteiger partial charge is 0.321 e. The predicted molar refractivity (Wildman–Crippen MR) is 58.1 cm³/mol. The number of nitrogens with two attached hydrogens (primary N) is 1. The van der Waals surface area contributed by atoms with Crippen molar-refractivity contribution in [3.63, 3.8) is 0 Å². The Morgan fingerprint density at radius 2 is 1.71 bits per heavy atom. The smallest absolute Gasteiger partial charge is 0.0411 e. The molecule has 0 aromatic heterocycles. The first-order valence-electron chi connectivity index (χ1n) is 5.67. The van der Waals surface area contributed by atoms with Gasteiger partial charge in [-0.3, -0.25) is 0 Å². The fourth-order valence-electron chi connectivity index (χ4n) is 2.25. The van der Waals surface area contributed by atoms with Gasteiger partial charge in [0.05, 0.1) is 0 Å². The zero-order valence-electron chi connectivity index (χ0n) is 8.50. The molecule has 0 bridgehead atoms. The van der Waals surface area contributed by atoms with Gasteiger partial charge in [0.25, 0.3) is 0 Å². The van der Waals surface area contributed by atoms with Gasteiger partial charge in [-0.05, 0) is 42.7 Å². The van der Waals surface area contributed by atoms with Crippen LogP contribution in [0.2, 0.25) is 0 Å². The standard InChI is InChI=1S/C13H17N/c14-13(8-9-13)12-6-4-11(5-7-12)10-2-1-3-10/h4-7,10H,1-3,8-9,14H2. The third kappa shape index (κ3) is 1.27. The van der Waals surface area contributed by atoms with Crippen molar-refractivity contribution in [2.45, 2.75) is 43.6 Å². The maximum absolute atomic E-state index is 6.14. The van der Waals surface area contributed by atoms with E-state index in [0.29, 0.717) is 0 Å². The third-order valence-electron chi connectivity index (χ3n) is 3.85. The molecule has 2 aliphatic carbocycles. The van der Waals surface area contributed by atoms with Crippen LogP contribution in [0.4, 0.5) is 0 Å². The molecule has 2 N–H and O–H groups in total. The Hall–Kier alpha value is -0.820. The van der Waals surface area contributed by atoms with Crippen molar-refractivity contribution >= 4 is 0 Å². The highest BCUT2D eigenvalue weighted by atomic mass is 14.8. The second kappa shape index (κ2) is 2.83. The molecular weight excluding hydrogens is 170 g/mol. The summed E-state index contributed by atoms with van der Waals surface area (Å²) in [5.74, 6) is 0.844. The van der Waals surface area contributed by atoms with Gasteiger partial charge in [-0.1, -0.05) is 30.7 Å². The minimum atomic E-state index is 0.0398. The quantitative estimate of drug-likeness (QED) is 0.757. The second-order valence-corrected chi connectivity index (χ2v) is 4.91. The van der Waals surface area contributed by atoms with Crippen molar-refractivity contribution in [3.05, 3.63) is 35.4 Å². The molecule has 0 radical (unpaired) electrons. The molecule has 0 aliphatic heterocycles. The monoisotopic (exact) mass is 187 g/mol. The maximum Gasteiger partial charge on any atom is 0.0411 e. The van der Waals surface area contributed by atoms with Crippen LogP contribution in [-0.2, 0) is 5.54 Å². The number of hydrogen-bond donors (Lipinski definition) is 1. The minimum absolute atomic E-state index is 0.0398. The molecule has 1 aromatic rings. The van der Waals surface area contributed by atoms with Crippen LogP contribution in [0.1, 0.15) is 49.1 Å². The molecule has 1 heteroatoms. The van der Waals surface area contributed by atoms with Gasteiger partial charge >= 0.3 is 0 Å². The molecule has 0 heterocycles. The van der Waals surface area contributed by atoms with Gasteiger partial charge in [-0.15, -0.1) is 0 Å². The lowest BCUT2D eigenvalue weighted by Gasteiger charge is -2.26. The van der Waals surface area contributed by atoms with Crippen molar-refractivity contribution in [2.75, 3.05) is 0 Å². The first-order chi connectivity index (χ1) is 6.78. The Kier molecular flexibility index (Phi) is 1.72. The van der Waals surface area contributed by atoms with Gasteiger partial charge in [0.15, 0.2) is 0 Å². The molecule has 0 unspecified atom stereocenters. The third-order valence-corrected chi connectivity index (χ3v) is 3.85. The van der Waals surface area contributed by atoms with E-state index in [9.17, 15) is 0 Å². The normalized spacial score (nSPS) is 24.4. The van der Waals surface area contributed by atoms with Crippen molar-refractivity contribution < 1.29 is 0 Å². The molecule has 2 saturated carbocycles. The van der Waals surface area contributed by atoms with Gasteiger partial charge in [-0.2, -0.15) is 0 Å². The Bertz CT molecular complexity index is 331. The molecule has 2 aliphatic rings. The molecule has 0 atom stereocenters. The molecule has 1 nitrogen and oxygen atoms in total. The van der Waals surface area contributed by atoms with E-state index < -0.39 is 0 Å². The summed E-state index contributed by atoms with van der Waals surface area (Å²) in [6.45, 7) is 0. The summed E-state index contributed by atoms with van der Waals surface area (Å²) in [6.07, 6.45) is 6.50. The average Bonchev–Trinajstić information content (AvgIpc) is 2.83. The lowest BCUT2D eigenvalue weighted by molar-refractivity contribution is 0.419. The predicted octanol–water partition coefficient (Wildman–Crippen LogP) is 2.90. The van der Waals surface area contributed by atoms with E-state index in [2.05, 4.69) is 24.3 Å². The zero-order valence-corrected chi connectivity index (χ0v) is 8.50. The molecule has 0 amide bonds. The van der Waals surface area contributed by atoms with E-state index in [1.165, 1.54) is 30.4 Å². The van der Waals surface area contributed by atoms with Crippen molar-refractivity contribution in [1.29, 1.82) is 0 Å². The van der Waals surface area contributed by atoms with E-state index in [4.69, 9.17) is 5.73 Å². The molecule has 2 fully saturated rings. The maximum atomic E-state index is 6.14. The average molecular weight is 187 g/mol. The van der Waals surface area contributed by atoms with Gasteiger partial charge in [0.1, 0.15) is 0 Å². The van der Waals surface area contributed by atoms with Crippen LogP contribution in [0.15, 0.2) is 24.3 Å². The highest BCUT2D eigenvalue weighted by Gasteiger charge is 2.39. The summed E-state index contributed by atoms with van der Waals surface area (Å²) < 4.78 is 0. The molecule has 14 heavy (non-hydrogen) atoms. The second-order valence-electron chi connectivity index (χ2n) is 4.91. The van der Waals surface area contributed by atoms with Crippen molar-refractivity contribution in [2.24, 2.45) is 5.73 Å². The minimum Gasteiger partial charge on any atom is -0.321 e. The molecule has 0 spiro atoms. The first kappa shape index (κ1) is 8.49. The molecule has 0 saturated heterocycles. The highest BCUT2D eigenvalue weighted by molar-refractivity contribution is 5.33. The van der Waals surface area contributed by atoms with Gasteiger partial charge in [-0.25, -0.2) is 0 Å². The van der Waals surface area contributed by atoms with E-state index in [1.54, 1.807) is 0 Å². The lowest BCUT2D eigenvalue weighted by atomic mass is 9.80. The Labute approximate surface area is 85.3 Å². The first-order valence-corrected chi connectivity index (χ1v) is 5.67. The topological polar surface area (TPSA) is 26.0 Å². The summed E-state index contributed by atoms with van der Waals surface area (Å²) >= 11 is 0. The molecule has 1 aromatic carbocycles. The van der Waals surface area contributed by atoms with Gasteiger partial charge < -0.3 is 5.73 Å². The van der Waals surface area contributed by atoms with E-state index >= 15 is 0 Å². The summed E-state index contributed by atoms with van der Waals surface area (Å²) in [6, 6.07) is 9.04. The number of benzene rings is 1. The van der Waals surface area contributed by atoms with Crippen LogP contribution in [0.3, 0.4) is 0 Å². The molecular formula is C13H17N. The summed E-state index contributed by atoms with van der Waals surface area (Å²) in [7, 11) is 0. The van der Waals surface area contributed by atoms with Crippen molar-refractivity contribution in [3.8, 4) is 0 Å². The summed E-state index contributed by atoms with van der Waals surface area (Å²) in [4.78, 5) is 0. The Morgan fingerprint density at radius 3 is 2.14 bits per heavy atom. The van der Waals surface area contributed by atoms with E-state index in [-0.39, 0.29) is 5.54 Å². The van der Waals surface area contributed by atoms with Crippen molar-refractivity contribution in [1.82, 2.24) is 0 Å². The Balaban J connectivity index is 1.83. The van der Waals surface area contributed by atoms with Crippen LogP contribution in [0.5, 0.6) is 0 Å². The fraction of sp³-hybridized carbons (Fsp3) is 0.538. The van der Waals surface area contributed by atoms with E-state index in [0.717, 1.165) is 18.8 Å². The van der Waals surface area contributed by atoms with E-state index in [1.807, 2.05) is 0 Å². The zero-order chi connectivity index (χ0) is 9.60. The van der Waals surface area contributed by atoms with Gasteiger partial charge in [0, 0.05) is 5.54 Å². The van der Waals surface area contributed by atoms with Crippen LogP contribution in [0.25, 0.3) is 0 Å². The number of hydrogen-bond acceptors (Lipinski definition) is 1. The van der Waals surface area contributed by atoms with Crippen LogP contribution in [0, 0.1) is 0 Å². The van der Waals surface area contributed by atoms with Crippen LogP contribution in [-0.4, -0.2) is 0 Å². The fourth-order valence-corrected chi connectivity index (χ4v) is 2.25. The summed E-state index contributed by atoms with van der Waals surface area (Å²) in [5, 5.41) is 0. The lowest BCUT2D eigenvalue weighted by Crippen LogP contribution is -2.18. The van der Waals surface area contributed by atoms with Crippen LogP contribution < -0.4 is 5.73 Å². The molecule has 74 valence electrons.